The Morgan fingerprint density at radius 3 is 2.12 bits per heavy atom. The molecule has 1 aromatic carbocycles. The fourth-order valence-electron chi connectivity index (χ4n) is 2.24. The Morgan fingerprint density at radius 2 is 1.65 bits per heavy atom. The predicted molar refractivity (Wildman–Crippen MR) is 72.9 cm³/mol. The Balaban J connectivity index is 2.74. The van der Waals surface area contributed by atoms with Gasteiger partial charge in [-0.15, -0.1) is 0 Å². The molecule has 0 bridgehead atoms. The molecule has 1 rings (SSSR count). The maximum atomic E-state index is 12.2. The molecule has 0 radical (unpaired) electrons. The van der Waals surface area contributed by atoms with Crippen molar-refractivity contribution in [2.24, 2.45) is 17.8 Å². The Morgan fingerprint density at radius 1 is 1.06 bits per heavy atom. The second kappa shape index (κ2) is 6.58. The van der Waals surface area contributed by atoms with Crippen LogP contribution in [-0.2, 0) is 11.2 Å². The highest BCUT2D eigenvalue weighted by atomic mass is 16.1. The fraction of sp³-hybridized carbons (Fsp3) is 0.562. The highest BCUT2D eigenvalue weighted by Crippen LogP contribution is 2.21. The number of carbonyl (C=O) groups is 1. The molecular formula is C16H24O. The molecule has 94 valence electrons. The van der Waals surface area contributed by atoms with Crippen molar-refractivity contribution in [1.82, 2.24) is 0 Å². The van der Waals surface area contributed by atoms with E-state index in [1.807, 2.05) is 32.0 Å². The second-order valence-electron chi connectivity index (χ2n) is 5.57. The van der Waals surface area contributed by atoms with E-state index >= 15 is 0 Å². The first-order chi connectivity index (χ1) is 8.00. The van der Waals surface area contributed by atoms with Gasteiger partial charge < -0.3 is 0 Å². The molecule has 1 heteroatoms. The summed E-state index contributed by atoms with van der Waals surface area (Å²) in [5.74, 6) is 1.30. The van der Waals surface area contributed by atoms with Crippen LogP contribution < -0.4 is 0 Å². The summed E-state index contributed by atoms with van der Waals surface area (Å²) in [5.41, 5.74) is 1.27. The van der Waals surface area contributed by atoms with Gasteiger partial charge in [-0.3, -0.25) is 4.79 Å². The van der Waals surface area contributed by atoms with Gasteiger partial charge in [0.1, 0.15) is 5.78 Å². The van der Waals surface area contributed by atoms with Gasteiger partial charge in [0, 0.05) is 11.8 Å². The van der Waals surface area contributed by atoms with Crippen LogP contribution >= 0.6 is 0 Å². The van der Waals surface area contributed by atoms with Crippen LogP contribution in [0, 0.1) is 17.8 Å². The van der Waals surface area contributed by atoms with Gasteiger partial charge >= 0.3 is 0 Å². The summed E-state index contributed by atoms with van der Waals surface area (Å²) in [6.07, 6.45) is 1.88. The predicted octanol–water partition coefficient (Wildman–Crippen LogP) is 4.12. The molecule has 0 unspecified atom stereocenters. The normalized spacial score (nSPS) is 13.1. The standard InChI is InChI=1S/C16H24O/c1-12(2)10-15(16(17)13(3)4)11-14-8-6-5-7-9-14/h5-9,12-13,15H,10-11H2,1-4H3/t15-/m1/s1. The van der Waals surface area contributed by atoms with Crippen LogP contribution in [0.1, 0.15) is 39.7 Å². The summed E-state index contributed by atoms with van der Waals surface area (Å²) in [7, 11) is 0. The zero-order chi connectivity index (χ0) is 12.8. The number of ketones is 1. The monoisotopic (exact) mass is 232 g/mol. The second-order valence-corrected chi connectivity index (χ2v) is 5.57. The largest absolute Gasteiger partial charge is 0.299 e. The molecule has 0 heterocycles. The Labute approximate surface area is 105 Å². The van der Waals surface area contributed by atoms with Crippen LogP contribution in [0.4, 0.5) is 0 Å². The summed E-state index contributed by atoms with van der Waals surface area (Å²) < 4.78 is 0. The van der Waals surface area contributed by atoms with E-state index < -0.39 is 0 Å². The summed E-state index contributed by atoms with van der Waals surface area (Å²) in [4.78, 5) is 12.2. The first-order valence-electron chi connectivity index (χ1n) is 6.58. The molecule has 0 aliphatic carbocycles. The number of carbonyl (C=O) groups excluding carboxylic acids is 1. The summed E-state index contributed by atoms with van der Waals surface area (Å²) >= 11 is 0. The topological polar surface area (TPSA) is 17.1 Å². The zero-order valence-electron chi connectivity index (χ0n) is 11.4. The highest BCUT2D eigenvalue weighted by Gasteiger charge is 2.22. The highest BCUT2D eigenvalue weighted by molar-refractivity contribution is 5.83. The van der Waals surface area contributed by atoms with Gasteiger partial charge in [-0.25, -0.2) is 0 Å². The summed E-state index contributed by atoms with van der Waals surface area (Å²) in [6, 6.07) is 10.3. The Kier molecular flexibility index (Phi) is 5.40. The van der Waals surface area contributed by atoms with E-state index in [4.69, 9.17) is 0 Å². The van der Waals surface area contributed by atoms with Gasteiger partial charge in [0.25, 0.3) is 0 Å². The molecule has 0 amide bonds. The van der Waals surface area contributed by atoms with Crippen LogP contribution in [0.15, 0.2) is 30.3 Å². The van der Waals surface area contributed by atoms with E-state index in [0.717, 1.165) is 12.8 Å². The maximum absolute atomic E-state index is 12.2. The van der Waals surface area contributed by atoms with Gasteiger partial charge in [-0.05, 0) is 24.3 Å². The Bertz CT molecular complexity index is 338. The lowest BCUT2D eigenvalue weighted by Crippen LogP contribution is -2.23. The van der Waals surface area contributed by atoms with E-state index in [9.17, 15) is 4.79 Å². The van der Waals surface area contributed by atoms with Crippen molar-refractivity contribution in [2.75, 3.05) is 0 Å². The SMILES string of the molecule is CC(C)C[C@H](Cc1ccccc1)C(=O)C(C)C. The lowest BCUT2D eigenvalue weighted by atomic mass is 9.84. The lowest BCUT2D eigenvalue weighted by Gasteiger charge is -2.20. The molecule has 0 saturated carbocycles. The number of Topliss-reactive ketones (excluding diaryl/α,β-unsaturated/α-hetero) is 1. The molecule has 0 fully saturated rings. The smallest absolute Gasteiger partial charge is 0.138 e. The van der Waals surface area contributed by atoms with E-state index in [1.165, 1.54) is 5.56 Å². The van der Waals surface area contributed by atoms with Crippen LogP contribution in [0.25, 0.3) is 0 Å². The third kappa shape index (κ3) is 4.72. The van der Waals surface area contributed by atoms with E-state index in [-0.39, 0.29) is 11.8 Å². The first-order valence-corrected chi connectivity index (χ1v) is 6.58. The molecule has 0 aliphatic heterocycles. The maximum Gasteiger partial charge on any atom is 0.138 e. The average Bonchev–Trinajstić information content (AvgIpc) is 2.28. The van der Waals surface area contributed by atoms with Crippen molar-refractivity contribution in [3.63, 3.8) is 0 Å². The summed E-state index contributed by atoms with van der Waals surface area (Å²) in [5, 5.41) is 0. The molecule has 0 saturated heterocycles. The number of rotatable bonds is 6. The fourth-order valence-corrected chi connectivity index (χ4v) is 2.24. The van der Waals surface area contributed by atoms with Crippen LogP contribution in [0.3, 0.4) is 0 Å². The van der Waals surface area contributed by atoms with E-state index in [2.05, 4.69) is 26.0 Å². The van der Waals surface area contributed by atoms with Gasteiger partial charge in [0.2, 0.25) is 0 Å². The third-order valence-electron chi connectivity index (χ3n) is 3.05. The average molecular weight is 232 g/mol. The molecule has 17 heavy (non-hydrogen) atoms. The minimum Gasteiger partial charge on any atom is -0.299 e. The molecule has 1 aromatic rings. The molecule has 0 spiro atoms. The van der Waals surface area contributed by atoms with Crippen molar-refractivity contribution in [3.05, 3.63) is 35.9 Å². The van der Waals surface area contributed by atoms with Gasteiger partial charge in [-0.1, -0.05) is 58.0 Å². The minimum atomic E-state index is 0.141. The lowest BCUT2D eigenvalue weighted by molar-refractivity contribution is -0.126. The number of hydrogen-bond donors (Lipinski definition) is 0. The Hall–Kier alpha value is -1.11. The number of benzene rings is 1. The van der Waals surface area contributed by atoms with Crippen LogP contribution in [0.5, 0.6) is 0 Å². The zero-order valence-corrected chi connectivity index (χ0v) is 11.4. The van der Waals surface area contributed by atoms with Gasteiger partial charge in [-0.2, -0.15) is 0 Å². The van der Waals surface area contributed by atoms with Gasteiger partial charge in [0.05, 0.1) is 0 Å². The first kappa shape index (κ1) is 14.0. The van der Waals surface area contributed by atoms with E-state index in [0.29, 0.717) is 11.7 Å². The third-order valence-corrected chi connectivity index (χ3v) is 3.05. The van der Waals surface area contributed by atoms with Crippen LogP contribution in [0.2, 0.25) is 0 Å². The van der Waals surface area contributed by atoms with Crippen molar-refractivity contribution in [1.29, 1.82) is 0 Å². The summed E-state index contributed by atoms with van der Waals surface area (Å²) in [6.45, 7) is 8.37. The quantitative estimate of drug-likeness (QED) is 0.721. The van der Waals surface area contributed by atoms with Crippen molar-refractivity contribution < 1.29 is 4.79 Å². The van der Waals surface area contributed by atoms with Crippen molar-refractivity contribution >= 4 is 5.78 Å². The molecular weight excluding hydrogens is 208 g/mol. The van der Waals surface area contributed by atoms with Crippen molar-refractivity contribution in [3.8, 4) is 0 Å². The molecule has 0 aliphatic rings. The van der Waals surface area contributed by atoms with Crippen LogP contribution in [-0.4, -0.2) is 5.78 Å². The molecule has 1 nitrogen and oxygen atoms in total. The molecule has 1 atom stereocenters. The van der Waals surface area contributed by atoms with Crippen molar-refractivity contribution in [2.45, 2.75) is 40.5 Å². The minimum absolute atomic E-state index is 0.141. The van der Waals surface area contributed by atoms with E-state index in [1.54, 1.807) is 0 Å². The number of hydrogen-bond acceptors (Lipinski definition) is 1. The molecule has 0 aromatic heterocycles. The molecule has 0 N–H and O–H groups in total. The van der Waals surface area contributed by atoms with Gasteiger partial charge in [0.15, 0.2) is 0 Å².